The average Bonchev–Trinajstić information content (AvgIpc) is 3.21. The fourth-order valence-electron chi connectivity index (χ4n) is 3.98. The van der Waals surface area contributed by atoms with Gasteiger partial charge in [-0.2, -0.15) is 0 Å². The summed E-state index contributed by atoms with van der Waals surface area (Å²) in [6, 6.07) is 6.49. The van der Waals surface area contributed by atoms with E-state index in [2.05, 4.69) is 15.4 Å². The van der Waals surface area contributed by atoms with E-state index in [0.29, 0.717) is 23.1 Å². The topological polar surface area (TPSA) is 111 Å². The zero-order chi connectivity index (χ0) is 18.0. The molecule has 26 heavy (non-hydrogen) atoms. The lowest BCUT2D eigenvalue weighted by atomic mass is 9.84. The van der Waals surface area contributed by atoms with Crippen LogP contribution in [0.5, 0.6) is 0 Å². The van der Waals surface area contributed by atoms with Gasteiger partial charge in [0.05, 0.1) is 13.0 Å². The summed E-state index contributed by atoms with van der Waals surface area (Å²) >= 11 is 0. The number of rotatable bonds is 5. The van der Waals surface area contributed by atoms with Crippen LogP contribution in [0.3, 0.4) is 0 Å². The Morgan fingerprint density at radius 3 is 2.38 bits per heavy atom. The van der Waals surface area contributed by atoms with E-state index in [9.17, 15) is 14.4 Å². The molecule has 0 aliphatic heterocycles. The van der Waals surface area contributed by atoms with E-state index in [-0.39, 0.29) is 42.7 Å². The fourth-order valence-corrected chi connectivity index (χ4v) is 3.98. The van der Waals surface area contributed by atoms with Crippen molar-refractivity contribution in [3.63, 3.8) is 0 Å². The molecule has 4 atom stereocenters. The lowest BCUT2D eigenvalue weighted by Crippen LogP contribution is -2.42. The second-order valence-electron chi connectivity index (χ2n) is 6.76. The molecule has 142 valence electrons. The highest BCUT2D eigenvalue weighted by Gasteiger charge is 2.49. The number of hydrogen-bond acceptors (Lipinski definition) is 5. The molecule has 4 unspecified atom stereocenters. The summed E-state index contributed by atoms with van der Waals surface area (Å²) in [5, 5.41) is 5.36. The van der Waals surface area contributed by atoms with Crippen molar-refractivity contribution >= 4 is 35.9 Å². The van der Waals surface area contributed by atoms with Gasteiger partial charge in [0.15, 0.2) is 0 Å². The Kier molecular flexibility index (Phi) is 6.61. The fraction of sp³-hybridized carbons (Fsp3) is 0.500. The van der Waals surface area contributed by atoms with Gasteiger partial charge in [-0.05, 0) is 55.4 Å². The second-order valence-corrected chi connectivity index (χ2v) is 6.76. The smallest absolute Gasteiger partial charge is 0.325 e. The van der Waals surface area contributed by atoms with Gasteiger partial charge in [0.25, 0.3) is 5.91 Å². The van der Waals surface area contributed by atoms with Gasteiger partial charge in [-0.15, -0.1) is 12.4 Å². The van der Waals surface area contributed by atoms with Crippen LogP contribution in [0.2, 0.25) is 0 Å². The van der Waals surface area contributed by atoms with Crippen molar-refractivity contribution in [1.29, 1.82) is 0 Å². The standard InChI is InChI=1S/C18H23N3O4.ClH/c1-25-14(22)9-20-17(23)10-4-6-13(7-5-10)21-18(24)15-11-2-3-12(8-11)16(15)19;/h4-7,11-12,15-16H,2-3,8-9,19H2,1H3,(H,20,23)(H,21,24);1H. The molecule has 2 saturated carbocycles. The van der Waals surface area contributed by atoms with E-state index in [1.807, 2.05) is 0 Å². The summed E-state index contributed by atoms with van der Waals surface area (Å²) in [6.07, 6.45) is 3.26. The monoisotopic (exact) mass is 381 g/mol. The first kappa shape index (κ1) is 20.2. The van der Waals surface area contributed by atoms with Crippen LogP contribution in [0.15, 0.2) is 24.3 Å². The van der Waals surface area contributed by atoms with Crippen molar-refractivity contribution in [3.8, 4) is 0 Å². The Bertz CT molecular complexity index is 678. The maximum atomic E-state index is 12.5. The first-order valence-electron chi connectivity index (χ1n) is 8.51. The number of carbonyl (C=O) groups excluding carboxylic acids is 3. The molecule has 2 bridgehead atoms. The van der Waals surface area contributed by atoms with Crippen molar-refractivity contribution < 1.29 is 19.1 Å². The molecular formula is C18H24ClN3O4. The van der Waals surface area contributed by atoms with Gasteiger partial charge in [-0.3, -0.25) is 14.4 Å². The first-order chi connectivity index (χ1) is 12.0. The molecule has 3 rings (SSSR count). The Labute approximate surface area is 158 Å². The molecule has 0 spiro atoms. The number of hydrogen-bond donors (Lipinski definition) is 3. The van der Waals surface area contributed by atoms with Gasteiger partial charge < -0.3 is 21.1 Å². The number of esters is 1. The second kappa shape index (κ2) is 8.51. The summed E-state index contributed by atoms with van der Waals surface area (Å²) < 4.78 is 4.47. The largest absolute Gasteiger partial charge is 0.468 e. The van der Waals surface area contributed by atoms with Gasteiger partial charge in [0.1, 0.15) is 6.54 Å². The molecule has 8 heteroatoms. The van der Waals surface area contributed by atoms with Crippen LogP contribution in [-0.4, -0.2) is 37.5 Å². The molecule has 0 saturated heterocycles. The van der Waals surface area contributed by atoms with E-state index < -0.39 is 5.97 Å². The average molecular weight is 382 g/mol. The molecule has 0 aromatic heterocycles. The minimum atomic E-state index is -0.514. The summed E-state index contributed by atoms with van der Waals surface area (Å²) in [5.41, 5.74) is 7.23. The van der Waals surface area contributed by atoms with Gasteiger partial charge in [-0.1, -0.05) is 0 Å². The van der Waals surface area contributed by atoms with Crippen LogP contribution in [0.1, 0.15) is 29.6 Å². The maximum Gasteiger partial charge on any atom is 0.325 e. The maximum absolute atomic E-state index is 12.5. The van der Waals surface area contributed by atoms with Crippen LogP contribution < -0.4 is 16.4 Å². The van der Waals surface area contributed by atoms with Crippen molar-refractivity contribution in [1.82, 2.24) is 5.32 Å². The molecule has 4 N–H and O–H groups in total. The quantitative estimate of drug-likeness (QED) is 0.666. The number of anilines is 1. The molecule has 2 aliphatic rings. The number of halogens is 1. The van der Waals surface area contributed by atoms with Gasteiger partial charge in [0, 0.05) is 17.3 Å². The van der Waals surface area contributed by atoms with E-state index in [4.69, 9.17) is 5.73 Å². The predicted octanol–water partition coefficient (Wildman–Crippen LogP) is 1.32. The van der Waals surface area contributed by atoms with Crippen molar-refractivity contribution in [2.24, 2.45) is 23.5 Å². The number of amides is 2. The third-order valence-corrected chi connectivity index (χ3v) is 5.32. The van der Waals surface area contributed by atoms with Gasteiger partial charge >= 0.3 is 5.97 Å². The number of nitrogens with one attached hydrogen (secondary N) is 2. The van der Waals surface area contributed by atoms with Crippen molar-refractivity contribution in [3.05, 3.63) is 29.8 Å². The number of benzene rings is 1. The van der Waals surface area contributed by atoms with E-state index in [1.54, 1.807) is 24.3 Å². The predicted molar refractivity (Wildman–Crippen MR) is 99.0 cm³/mol. The molecular weight excluding hydrogens is 358 g/mol. The normalized spacial score (nSPS) is 25.9. The number of nitrogens with two attached hydrogens (primary N) is 1. The molecule has 2 aliphatic carbocycles. The minimum absolute atomic E-state index is 0. The molecule has 0 heterocycles. The first-order valence-corrected chi connectivity index (χ1v) is 8.51. The highest BCUT2D eigenvalue weighted by atomic mass is 35.5. The van der Waals surface area contributed by atoms with E-state index in [1.165, 1.54) is 7.11 Å². The number of carbonyl (C=O) groups is 3. The molecule has 1 aromatic rings. The Morgan fingerprint density at radius 1 is 1.15 bits per heavy atom. The van der Waals surface area contributed by atoms with Crippen molar-refractivity contribution in [2.75, 3.05) is 19.0 Å². The molecule has 2 amide bonds. The highest BCUT2D eigenvalue weighted by Crippen LogP contribution is 2.47. The Morgan fingerprint density at radius 2 is 1.81 bits per heavy atom. The summed E-state index contributed by atoms with van der Waals surface area (Å²) in [5.74, 6) is -0.188. The van der Waals surface area contributed by atoms with E-state index >= 15 is 0 Å². The van der Waals surface area contributed by atoms with Crippen LogP contribution in [-0.2, 0) is 14.3 Å². The lowest BCUT2D eigenvalue weighted by molar-refractivity contribution is -0.139. The highest BCUT2D eigenvalue weighted by molar-refractivity contribution is 5.97. The SMILES string of the molecule is COC(=O)CNC(=O)c1ccc(NC(=O)C2C3CCC(C3)C2N)cc1.Cl. The number of fused-ring (bicyclic) bond motifs is 2. The zero-order valence-electron chi connectivity index (χ0n) is 14.6. The van der Waals surface area contributed by atoms with Crippen LogP contribution in [0.4, 0.5) is 5.69 Å². The van der Waals surface area contributed by atoms with Gasteiger partial charge in [-0.25, -0.2) is 0 Å². The van der Waals surface area contributed by atoms with E-state index in [0.717, 1.165) is 19.3 Å². The molecule has 7 nitrogen and oxygen atoms in total. The zero-order valence-corrected chi connectivity index (χ0v) is 15.4. The molecule has 1 aromatic carbocycles. The van der Waals surface area contributed by atoms with Gasteiger partial charge in [0.2, 0.25) is 5.91 Å². The molecule has 0 radical (unpaired) electrons. The third-order valence-electron chi connectivity index (χ3n) is 5.32. The number of ether oxygens (including phenoxy) is 1. The van der Waals surface area contributed by atoms with Crippen LogP contribution in [0, 0.1) is 17.8 Å². The number of methoxy groups -OCH3 is 1. The third kappa shape index (κ3) is 4.16. The van der Waals surface area contributed by atoms with Crippen LogP contribution >= 0.6 is 12.4 Å². The summed E-state index contributed by atoms with van der Waals surface area (Å²) in [7, 11) is 1.26. The summed E-state index contributed by atoms with van der Waals surface area (Å²) in [6.45, 7) is -0.185. The minimum Gasteiger partial charge on any atom is -0.468 e. The molecule has 2 fully saturated rings. The van der Waals surface area contributed by atoms with Crippen LogP contribution in [0.25, 0.3) is 0 Å². The van der Waals surface area contributed by atoms with Crippen molar-refractivity contribution in [2.45, 2.75) is 25.3 Å². The summed E-state index contributed by atoms with van der Waals surface area (Å²) in [4.78, 5) is 35.5. The Hall–Kier alpha value is -2.12. The lowest BCUT2D eigenvalue weighted by Gasteiger charge is -2.27. The Balaban J connectivity index is 0.00000243.